The van der Waals surface area contributed by atoms with Crippen LogP contribution in [0.2, 0.25) is 0 Å². The smallest absolute Gasteiger partial charge is 0.119 e. The molecule has 1 saturated heterocycles. The van der Waals surface area contributed by atoms with Gasteiger partial charge in [0.2, 0.25) is 0 Å². The molecule has 0 saturated carbocycles. The van der Waals surface area contributed by atoms with Gasteiger partial charge in [0.05, 0.1) is 13.2 Å². The van der Waals surface area contributed by atoms with Crippen LogP contribution in [0.25, 0.3) is 0 Å². The number of piperidine rings is 1. The van der Waals surface area contributed by atoms with Crippen molar-refractivity contribution >= 4 is 0 Å². The number of hydrogen-bond acceptors (Lipinski definition) is 3. The largest absolute Gasteiger partial charge is 0.493 e. The van der Waals surface area contributed by atoms with Crippen molar-refractivity contribution in [3.63, 3.8) is 0 Å². The first-order valence-corrected chi connectivity index (χ1v) is 8.53. The fourth-order valence-electron chi connectivity index (χ4n) is 2.95. The molecule has 23 heavy (non-hydrogen) atoms. The predicted octanol–water partition coefficient (Wildman–Crippen LogP) is 4.00. The van der Waals surface area contributed by atoms with Crippen molar-refractivity contribution in [1.29, 1.82) is 0 Å². The molecular formula is C20H25NO2. The molecule has 1 fully saturated rings. The minimum absolute atomic E-state index is 0.678. The van der Waals surface area contributed by atoms with Crippen LogP contribution in [0.1, 0.15) is 30.7 Å². The topological polar surface area (TPSA) is 30.5 Å². The monoisotopic (exact) mass is 311 g/mol. The lowest BCUT2D eigenvalue weighted by molar-refractivity contribution is 0.247. The third kappa shape index (κ3) is 5.00. The molecule has 1 heterocycles. The van der Waals surface area contributed by atoms with Gasteiger partial charge >= 0.3 is 0 Å². The highest BCUT2D eigenvalue weighted by Crippen LogP contribution is 2.26. The standard InChI is InChI=1S/C20H25NO2/c1-2-5-19(6-3-1)22-15-4-16-23-20-9-7-17(8-10-20)18-11-13-21-14-12-18/h1-3,5-10,18,21H,4,11-16H2. The zero-order valence-corrected chi connectivity index (χ0v) is 13.5. The minimum Gasteiger partial charge on any atom is -0.493 e. The van der Waals surface area contributed by atoms with E-state index in [0.717, 1.165) is 31.0 Å². The molecule has 3 nitrogen and oxygen atoms in total. The SMILES string of the molecule is c1ccc(OCCCOc2ccc(C3CCNCC3)cc2)cc1. The van der Waals surface area contributed by atoms with E-state index in [-0.39, 0.29) is 0 Å². The molecule has 0 atom stereocenters. The molecule has 1 N–H and O–H groups in total. The molecule has 0 aliphatic carbocycles. The summed E-state index contributed by atoms with van der Waals surface area (Å²) in [5.41, 5.74) is 1.44. The highest BCUT2D eigenvalue weighted by atomic mass is 16.5. The lowest BCUT2D eigenvalue weighted by Crippen LogP contribution is -2.26. The number of benzene rings is 2. The molecule has 3 rings (SSSR count). The number of nitrogens with one attached hydrogen (secondary N) is 1. The van der Waals surface area contributed by atoms with E-state index in [1.54, 1.807) is 0 Å². The second-order valence-corrected chi connectivity index (χ2v) is 5.96. The van der Waals surface area contributed by atoms with Gasteiger partial charge in [-0.2, -0.15) is 0 Å². The molecule has 1 aliphatic heterocycles. The summed E-state index contributed by atoms with van der Waals surface area (Å²) < 4.78 is 11.5. The fourth-order valence-corrected chi connectivity index (χ4v) is 2.95. The van der Waals surface area contributed by atoms with Crippen molar-refractivity contribution in [3.05, 3.63) is 60.2 Å². The molecule has 0 radical (unpaired) electrons. The van der Waals surface area contributed by atoms with E-state index in [1.165, 1.54) is 18.4 Å². The lowest BCUT2D eigenvalue weighted by atomic mass is 9.90. The average Bonchev–Trinajstić information content (AvgIpc) is 2.64. The summed E-state index contributed by atoms with van der Waals surface area (Å²) in [5.74, 6) is 2.56. The maximum Gasteiger partial charge on any atom is 0.119 e. The average molecular weight is 311 g/mol. The minimum atomic E-state index is 0.678. The van der Waals surface area contributed by atoms with Crippen LogP contribution in [0.4, 0.5) is 0 Å². The zero-order valence-electron chi connectivity index (χ0n) is 13.5. The molecular weight excluding hydrogens is 286 g/mol. The number of rotatable bonds is 7. The molecule has 122 valence electrons. The Morgan fingerprint density at radius 3 is 2.04 bits per heavy atom. The summed E-state index contributed by atoms with van der Waals surface area (Å²) in [6.45, 7) is 3.62. The summed E-state index contributed by atoms with van der Waals surface area (Å²) in [5, 5.41) is 3.41. The first kappa shape index (κ1) is 15.9. The Kier molecular flexibility index (Phi) is 5.93. The quantitative estimate of drug-likeness (QED) is 0.784. The molecule has 2 aromatic rings. The second-order valence-electron chi connectivity index (χ2n) is 5.96. The summed E-state index contributed by atoms with van der Waals surface area (Å²) in [6, 6.07) is 18.5. The van der Waals surface area contributed by atoms with Crippen molar-refractivity contribution in [2.75, 3.05) is 26.3 Å². The zero-order chi connectivity index (χ0) is 15.7. The molecule has 0 unspecified atom stereocenters. The molecule has 0 spiro atoms. The van der Waals surface area contributed by atoms with Gasteiger partial charge in [0.15, 0.2) is 0 Å². The Morgan fingerprint density at radius 1 is 0.783 bits per heavy atom. The van der Waals surface area contributed by atoms with Gasteiger partial charge < -0.3 is 14.8 Å². The van der Waals surface area contributed by atoms with Crippen molar-refractivity contribution in [1.82, 2.24) is 5.32 Å². The Hall–Kier alpha value is -2.00. The number of para-hydroxylation sites is 1. The van der Waals surface area contributed by atoms with E-state index in [9.17, 15) is 0 Å². The van der Waals surface area contributed by atoms with Gasteiger partial charge in [0, 0.05) is 6.42 Å². The summed E-state index contributed by atoms with van der Waals surface area (Å²) in [6.07, 6.45) is 3.35. The van der Waals surface area contributed by atoms with Crippen LogP contribution in [0.15, 0.2) is 54.6 Å². The number of hydrogen-bond donors (Lipinski definition) is 1. The van der Waals surface area contributed by atoms with Gasteiger partial charge in [0.1, 0.15) is 11.5 Å². The van der Waals surface area contributed by atoms with E-state index in [4.69, 9.17) is 9.47 Å². The normalized spacial score (nSPS) is 15.3. The Bertz CT molecular complexity index is 562. The molecule has 0 bridgehead atoms. The second kappa shape index (κ2) is 8.59. The van der Waals surface area contributed by atoms with Gasteiger partial charge in [-0.15, -0.1) is 0 Å². The van der Waals surface area contributed by atoms with Gasteiger partial charge in [0.25, 0.3) is 0 Å². The highest BCUT2D eigenvalue weighted by molar-refractivity contribution is 5.29. The van der Waals surface area contributed by atoms with Crippen molar-refractivity contribution in [2.24, 2.45) is 0 Å². The molecule has 1 aliphatic rings. The molecule has 2 aromatic carbocycles. The first-order valence-electron chi connectivity index (χ1n) is 8.53. The van der Waals surface area contributed by atoms with Gasteiger partial charge in [-0.25, -0.2) is 0 Å². The van der Waals surface area contributed by atoms with Crippen LogP contribution in [-0.2, 0) is 0 Å². The van der Waals surface area contributed by atoms with E-state index in [0.29, 0.717) is 19.1 Å². The first-order chi connectivity index (χ1) is 11.4. The maximum absolute atomic E-state index is 5.79. The number of ether oxygens (including phenoxy) is 2. The summed E-state index contributed by atoms with van der Waals surface area (Å²) in [7, 11) is 0. The van der Waals surface area contributed by atoms with Gasteiger partial charge in [-0.1, -0.05) is 30.3 Å². The van der Waals surface area contributed by atoms with Crippen molar-refractivity contribution in [2.45, 2.75) is 25.2 Å². The van der Waals surface area contributed by atoms with Crippen molar-refractivity contribution in [3.8, 4) is 11.5 Å². The van der Waals surface area contributed by atoms with Gasteiger partial charge in [-0.05, 0) is 61.7 Å². The van der Waals surface area contributed by atoms with Crippen LogP contribution in [0.3, 0.4) is 0 Å². The Morgan fingerprint density at radius 2 is 1.39 bits per heavy atom. The third-order valence-corrected chi connectivity index (χ3v) is 4.26. The maximum atomic E-state index is 5.79. The van der Waals surface area contributed by atoms with Crippen molar-refractivity contribution < 1.29 is 9.47 Å². The Labute approximate surface area is 138 Å². The predicted molar refractivity (Wildman–Crippen MR) is 93.3 cm³/mol. The third-order valence-electron chi connectivity index (χ3n) is 4.26. The fraction of sp³-hybridized carbons (Fsp3) is 0.400. The van der Waals surface area contributed by atoms with Crippen LogP contribution in [0.5, 0.6) is 11.5 Å². The van der Waals surface area contributed by atoms with Crippen LogP contribution < -0.4 is 14.8 Å². The van der Waals surface area contributed by atoms with E-state index < -0.39 is 0 Å². The van der Waals surface area contributed by atoms with E-state index in [2.05, 4.69) is 29.6 Å². The Balaban J connectivity index is 1.37. The van der Waals surface area contributed by atoms with Crippen LogP contribution in [-0.4, -0.2) is 26.3 Å². The lowest BCUT2D eigenvalue weighted by Gasteiger charge is -2.23. The van der Waals surface area contributed by atoms with Crippen LogP contribution in [0, 0.1) is 0 Å². The molecule has 0 aromatic heterocycles. The molecule has 3 heteroatoms. The van der Waals surface area contributed by atoms with E-state index in [1.807, 2.05) is 30.3 Å². The van der Waals surface area contributed by atoms with Crippen LogP contribution >= 0.6 is 0 Å². The van der Waals surface area contributed by atoms with Gasteiger partial charge in [-0.3, -0.25) is 0 Å². The highest BCUT2D eigenvalue weighted by Gasteiger charge is 2.14. The summed E-state index contributed by atoms with van der Waals surface area (Å²) >= 11 is 0. The summed E-state index contributed by atoms with van der Waals surface area (Å²) in [4.78, 5) is 0. The molecule has 0 amide bonds. The van der Waals surface area contributed by atoms with E-state index >= 15 is 0 Å².